The Hall–Kier alpha value is -2.30. The van der Waals surface area contributed by atoms with Crippen molar-refractivity contribution in [1.82, 2.24) is 15.0 Å². The molecule has 0 bridgehead atoms. The van der Waals surface area contributed by atoms with E-state index in [4.69, 9.17) is 4.74 Å². The fourth-order valence-electron chi connectivity index (χ4n) is 3.86. The summed E-state index contributed by atoms with van der Waals surface area (Å²) in [4.78, 5) is 25.1. The van der Waals surface area contributed by atoms with Crippen molar-refractivity contribution in [1.29, 1.82) is 0 Å². The maximum absolute atomic E-state index is 11.5. The van der Waals surface area contributed by atoms with Crippen LogP contribution in [0.25, 0.3) is 0 Å². The number of hydrogen-bond acceptors (Lipinski definition) is 5. The monoisotopic (exact) mass is 351 g/mol. The lowest BCUT2D eigenvalue weighted by molar-refractivity contribution is -0.120. The van der Waals surface area contributed by atoms with Crippen molar-refractivity contribution < 1.29 is 9.53 Å². The van der Waals surface area contributed by atoms with Crippen molar-refractivity contribution in [3.05, 3.63) is 47.2 Å². The fourth-order valence-corrected chi connectivity index (χ4v) is 3.86. The van der Waals surface area contributed by atoms with Gasteiger partial charge < -0.3 is 4.74 Å². The third-order valence-corrected chi connectivity index (χ3v) is 5.53. The maximum Gasteiger partial charge on any atom is 0.220 e. The molecule has 0 spiro atoms. The van der Waals surface area contributed by atoms with Crippen LogP contribution in [0, 0.1) is 19.8 Å². The Labute approximate surface area is 154 Å². The number of nitrogens with zero attached hydrogens (tertiary/aromatic N) is 3. The number of carbonyl (C=O) groups is 1. The zero-order chi connectivity index (χ0) is 18.1. The number of pyridine rings is 1. The summed E-state index contributed by atoms with van der Waals surface area (Å²) < 4.78 is 6.14. The van der Waals surface area contributed by atoms with E-state index in [1.165, 1.54) is 5.69 Å². The van der Waals surface area contributed by atoms with E-state index < -0.39 is 0 Å². The number of aryl methyl sites for hydroxylation is 2. The molecule has 2 aliphatic rings. The van der Waals surface area contributed by atoms with E-state index in [1.807, 2.05) is 26.1 Å². The average Bonchev–Trinajstić information content (AvgIpc) is 3.41. The first-order valence-electron chi connectivity index (χ1n) is 9.51. The van der Waals surface area contributed by atoms with E-state index in [2.05, 4.69) is 27.1 Å². The summed E-state index contributed by atoms with van der Waals surface area (Å²) in [5.41, 5.74) is 3.30. The quantitative estimate of drug-likeness (QED) is 0.817. The van der Waals surface area contributed by atoms with E-state index in [0.29, 0.717) is 48.9 Å². The molecule has 0 saturated heterocycles. The second-order valence-electron chi connectivity index (χ2n) is 7.61. The highest BCUT2D eigenvalue weighted by molar-refractivity contribution is 5.79. The summed E-state index contributed by atoms with van der Waals surface area (Å²) >= 11 is 0. The standard InChI is InChI=1S/C21H25N3O2/c1-13-4-3-5-20(23-13)18-10-16(18)12-26-21-19(11-22-14(2)24-21)15-6-8-17(25)9-7-15/h3-5,11,15-16,18H,6-10,12H2,1-2H3/t16-,18+/m1/s1. The first-order chi connectivity index (χ1) is 12.6. The van der Waals surface area contributed by atoms with Crippen LogP contribution >= 0.6 is 0 Å². The van der Waals surface area contributed by atoms with Crippen LogP contribution < -0.4 is 4.74 Å². The molecule has 26 heavy (non-hydrogen) atoms. The molecule has 0 N–H and O–H groups in total. The van der Waals surface area contributed by atoms with Gasteiger partial charge in [0, 0.05) is 47.8 Å². The first-order valence-corrected chi connectivity index (χ1v) is 9.51. The lowest BCUT2D eigenvalue weighted by Crippen LogP contribution is -2.15. The second kappa shape index (κ2) is 7.14. The molecule has 5 heteroatoms. The topological polar surface area (TPSA) is 65.0 Å². The van der Waals surface area contributed by atoms with Gasteiger partial charge >= 0.3 is 0 Å². The molecule has 2 aromatic rings. The number of rotatable bonds is 5. The van der Waals surface area contributed by atoms with Crippen LogP contribution in [0.1, 0.15) is 66.7 Å². The summed E-state index contributed by atoms with van der Waals surface area (Å²) in [7, 11) is 0. The van der Waals surface area contributed by atoms with Crippen LogP contribution in [0.4, 0.5) is 0 Å². The maximum atomic E-state index is 11.5. The molecular weight excluding hydrogens is 326 g/mol. The molecule has 5 nitrogen and oxygen atoms in total. The lowest BCUT2D eigenvalue weighted by Gasteiger charge is -2.22. The third kappa shape index (κ3) is 3.76. The predicted octanol–water partition coefficient (Wildman–Crippen LogP) is 3.90. The van der Waals surface area contributed by atoms with Gasteiger partial charge in [0.05, 0.1) is 6.61 Å². The molecule has 2 atom stereocenters. The molecule has 2 aromatic heterocycles. The Balaban J connectivity index is 1.42. The van der Waals surface area contributed by atoms with Crippen molar-refractivity contribution >= 4 is 5.78 Å². The van der Waals surface area contributed by atoms with Gasteiger partial charge in [0.25, 0.3) is 0 Å². The highest BCUT2D eigenvalue weighted by Crippen LogP contribution is 2.47. The van der Waals surface area contributed by atoms with E-state index in [0.717, 1.165) is 36.3 Å². The number of ketones is 1. The van der Waals surface area contributed by atoms with Crippen LogP contribution in [0.5, 0.6) is 5.88 Å². The molecule has 2 heterocycles. The SMILES string of the molecule is Cc1cccc([C@H]2C[C@@H]2COc2nc(C)ncc2C2CCC(=O)CC2)n1. The minimum Gasteiger partial charge on any atom is -0.477 e. The summed E-state index contributed by atoms with van der Waals surface area (Å²) in [5, 5.41) is 0. The highest BCUT2D eigenvalue weighted by atomic mass is 16.5. The van der Waals surface area contributed by atoms with Crippen LogP contribution in [0.2, 0.25) is 0 Å². The van der Waals surface area contributed by atoms with Crippen molar-refractivity contribution in [2.24, 2.45) is 5.92 Å². The van der Waals surface area contributed by atoms with Crippen LogP contribution in [0.15, 0.2) is 24.4 Å². The van der Waals surface area contributed by atoms with Gasteiger partial charge in [-0.2, -0.15) is 4.98 Å². The molecule has 0 unspecified atom stereocenters. The van der Waals surface area contributed by atoms with Gasteiger partial charge in [-0.25, -0.2) is 4.98 Å². The Kier molecular flexibility index (Phi) is 4.70. The third-order valence-electron chi connectivity index (χ3n) is 5.53. The van der Waals surface area contributed by atoms with Crippen molar-refractivity contribution in [3.8, 4) is 5.88 Å². The highest BCUT2D eigenvalue weighted by Gasteiger charge is 2.40. The zero-order valence-electron chi connectivity index (χ0n) is 15.4. The van der Waals surface area contributed by atoms with Crippen molar-refractivity contribution in [2.45, 2.75) is 57.8 Å². The number of ether oxygens (including phenoxy) is 1. The van der Waals surface area contributed by atoms with Crippen LogP contribution in [0.3, 0.4) is 0 Å². The van der Waals surface area contributed by atoms with Gasteiger partial charge in [0.15, 0.2) is 0 Å². The van der Waals surface area contributed by atoms with Gasteiger partial charge in [-0.05, 0) is 51.2 Å². The van der Waals surface area contributed by atoms with Crippen molar-refractivity contribution in [3.63, 3.8) is 0 Å². The predicted molar refractivity (Wildman–Crippen MR) is 98.3 cm³/mol. The molecule has 2 aliphatic carbocycles. The molecule has 0 amide bonds. The number of hydrogen-bond donors (Lipinski definition) is 0. The van der Waals surface area contributed by atoms with Gasteiger partial charge in [-0.3, -0.25) is 9.78 Å². The average molecular weight is 351 g/mol. The lowest BCUT2D eigenvalue weighted by atomic mass is 9.84. The summed E-state index contributed by atoms with van der Waals surface area (Å²) in [6.45, 7) is 4.58. The van der Waals surface area contributed by atoms with E-state index in [-0.39, 0.29) is 0 Å². The number of carbonyl (C=O) groups excluding carboxylic acids is 1. The Morgan fingerprint density at radius 2 is 1.96 bits per heavy atom. The summed E-state index contributed by atoms with van der Waals surface area (Å²) in [5.74, 6) is 3.12. The fraction of sp³-hybridized carbons (Fsp3) is 0.524. The zero-order valence-corrected chi connectivity index (χ0v) is 15.4. The van der Waals surface area contributed by atoms with Crippen LogP contribution in [-0.4, -0.2) is 27.3 Å². The largest absolute Gasteiger partial charge is 0.477 e. The number of aromatic nitrogens is 3. The van der Waals surface area contributed by atoms with Crippen LogP contribution in [-0.2, 0) is 4.79 Å². The van der Waals surface area contributed by atoms with E-state index in [9.17, 15) is 4.79 Å². The molecule has 4 rings (SSSR count). The molecule has 2 fully saturated rings. The molecule has 0 aliphatic heterocycles. The van der Waals surface area contributed by atoms with E-state index in [1.54, 1.807) is 0 Å². The normalized spacial score (nSPS) is 23.1. The van der Waals surface area contributed by atoms with Crippen molar-refractivity contribution in [2.75, 3.05) is 6.61 Å². The Bertz CT molecular complexity index is 811. The minimum absolute atomic E-state index is 0.330. The number of Topliss-reactive ketones (excluding diaryl/α,β-unsaturated/α-hetero) is 1. The van der Waals surface area contributed by atoms with Gasteiger partial charge in [0.2, 0.25) is 5.88 Å². The molecule has 2 saturated carbocycles. The Morgan fingerprint density at radius 1 is 1.15 bits per heavy atom. The smallest absolute Gasteiger partial charge is 0.220 e. The van der Waals surface area contributed by atoms with Gasteiger partial charge in [-0.1, -0.05) is 6.07 Å². The molecule has 0 aromatic carbocycles. The summed E-state index contributed by atoms with van der Waals surface area (Å²) in [6, 6.07) is 6.21. The summed E-state index contributed by atoms with van der Waals surface area (Å²) in [6.07, 6.45) is 6.07. The first kappa shape index (κ1) is 17.1. The Morgan fingerprint density at radius 3 is 2.73 bits per heavy atom. The molecular formula is C21H25N3O2. The minimum atomic E-state index is 0.330. The van der Waals surface area contributed by atoms with Gasteiger partial charge in [-0.15, -0.1) is 0 Å². The van der Waals surface area contributed by atoms with Gasteiger partial charge in [0.1, 0.15) is 11.6 Å². The van der Waals surface area contributed by atoms with E-state index >= 15 is 0 Å². The second-order valence-corrected chi connectivity index (χ2v) is 7.61. The molecule has 136 valence electrons. The molecule has 0 radical (unpaired) electrons.